The Morgan fingerprint density at radius 2 is 1.91 bits per heavy atom. The van der Waals surface area contributed by atoms with Gasteiger partial charge in [0, 0.05) is 12.0 Å². The molecule has 1 amide bonds. The molecule has 1 heterocycles. The van der Waals surface area contributed by atoms with Crippen molar-refractivity contribution in [3.63, 3.8) is 0 Å². The summed E-state index contributed by atoms with van der Waals surface area (Å²) in [5.74, 6) is 0. The third-order valence-corrected chi connectivity index (χ3v) is 3.32. The first kappa shape index (κ1) is 16.5. The molecule has 1 fully saturated rings. The third-order valence-electron chi connectivity index (χ3n) is 3.32. The van der Waals surface area contributed by atoms with Crippen LogP contribution in [0.2, 0.25) is 0 Å². The zero-order valence-electron chi connectivity index (χ0n) is 12.6. The van der Waals surface area contributed by atoms with Crippen LogP contribution in [0.4, 0.5) is 18.0 Å². The second kappa shape index (κ2) is 5.40. The van der Waals surface area contributed by atoms with Gasteiger partial charge in [0.05, 0.1) is 5.69 Å². The Balaban J connectivity index is 1.98. The smallest absolute Gasteiger partial charge is 0.435 e. The predicted molar refractivity (Wildman–Crippen MR) is 72.2 cm³/mol. The van der Waals surface area contributed by atoms with E-state index in [2.05, 4.69) is 15.5 Å². The predicted octanol–water partition coefficient (Wildman–Crippen LogP) is 3.05. The van der Waals surface area contributed by atoms with Crippen LogP contribution >= 0.6 is 0 Å². The van der Waals surface area contributed by atoms with Gasteiger partial charge >= 0.3 is 12.3 Å². The molecule has 0 spiro atoms. The summed E-state index contributed by atoms with van der Waals surface area (Å²) >= 11 is 0. The molecule has 0 saturated heterocycles. The van der Waals surface area contributed by atoms with Gasteiger partial charge in [-0.25, -0.2) is 4.79 Å². The Bertz CT molecular complexity index is 546. The Labute approximate surface area is 126 Å². The summed E-state index contributed by atoms with van der Waals surface area (Å²) in [6.07, 6.45) is -3.58. The minimum Gasteiger partial charge on any atom is -0.444 e. The minimum atomic E-state index is -4.50. The van der Waals surface area contributed by atoms with Crippen molar-refractivity contribution in [1.29, 1.82) is 0 Å². The molecule has 1 aromatic rings. The molecule has 0 unspecified atom stereocenters. The van der Waals surface area contributed by atoms with E-state index in [0.717, 1.165) is 18.9 Å². The van der Waals surface area contributed by atoms with E-state index in [9.17, 15) is 18.0 Å². The van der Waals surface area contributed by atoms with Gasteiger partial charge in [0.25, 0.3) is 0 Å². The lowest BCUT2D eigenvalue weighted by atomic mass is 10.0. The van der Waals surface area contributed by atoms with E-state index in [1.807, 2.05) is 0 Å². The molecule has 1 aromatic heterocycles. The Morgan fingerprint density at radius 1 is 1.27 bits per heavy atom. The summed E-state index contributed by atoms with van der Waals surface area (Å²) < 4.78 is 42.5. The average molecular weight is 317 g/mol. The molecule has 122 valence electrons. The second-order valence-corrected chi connectivity index (χ2v) is 6.44. The SMILES string of the molecule is CC(C)(C)OC(=O)NCC1(c2ccc(C(F)(F)F)nn2)CC1. The van der Waals surface area contributed by atoms with E-state index in [-0.39, 0.29) is 6.54 Å². The number of hydrogen-bond acceptors (Lipinski definition) is 4. The molecule has 1 N–H and O–H groups in total. The number of hydrogen-bond donors (Lipinski definition) is 1. The van der Waals surface area contributed by atoms with Crippen LogP contribution in [0, 0.1) is 0 Å². The van der Waals surface area contributed by atoms with Gasteiger partial charge in [-0.1, -0.05) is 0 Å². The highest BCUT2D eigenvalue weighted by Crippen LogP contribution is 2.46. The largest absolute Gasteiger partial charge is 0.444 e. The van der Waals surface area contributed by atoms with Gasteiger partial charge in [-0.15, -0.1) is 5.10 Å². The Morgan fingerprint density at radius 3 is 2.32 bits per heavy atom. The second-order valence-electron chi connectivity index (χ2n) is 6.44. The molecule has 0 aromatic carbocycles. The molecule has 0 aliphatic heterocycles. The first-order chi connectivity index (χ1) is 10.0. The highest BCUT2D eigenvalue weighted by atomic mass is 19.4. The lowest BCUT2D eigenvalue weighted by molar-refractivity contribution is -0.141. The van der Waals surface area contributed by atoms with Crippen molar-refractivity contribution in [2.45, 2.75) is 50.8 Å². The average Bonchev–Trinajstić information content (AvgIpc) is 3.15. The van der Waals surface area contributed by atoms with E-state index in [0.29, 0.717) is 5.69 Å². The number of aromatic nitrogens is 2. The van der Waals surface area contributed by atoms with Crippen LogP contribution in [0.5, 0.6) is 0 Å². The summed E-state index contributed by atoms with van der Waals surface area (Å²) in [6, 6.07) is 2.23. The number of halogens is 3. The summed E-state index contributed by atoms with van der Waals surface area (Å²) in [5.41, 5.74) is -1.60. The molecule has 0 atom stereocenters. The van der Waals surface area contributed by atoms with Gasteiger partial charge in [-0.2, -0.15) is 18.3 Å². The fraction of sp³-hybridized carbons (Fsp3) is 0.643. The molecule has 0 bridgehead atoms. The number of nitrogens with one attached hydrogen (secondary N) is 1. The van der Waals surface area contributed by atoms with E-state index < -0.39 is 29.0 Å². The number of amides is 1. The van der Waals surface area contributed by atoms with Crippen LogP contribution < -0.4 is 5.32 Å². The number of nitrogens with zero attached hydrogens (tertiary/aromatic N) is 2. The van der Waals surface area contributed by atoms with Crippen molar-refractivity contribution in [2.24, 2.45) is 0 Å². The zero-order valence-corrected chi connectivity index (χ0v) is 12.6. The molecule has 0 radical (unpaired) electrons. The monoisotopic (exact) mass is 317 g/mol. The van der Waals surface area contributed by atoms with Crippen molar-refractivity contribution in [3.8, 4) is 0 Å². The van der Waals surface area contributed by atoms with Gasteiger partial charge in [-0.05, 0) is 45.7 Å². The van der Waals surface area contributed by atoms with Gasteiger partial charge in [-0.3, -0.25) is 0 Å². The Kier molecular flexibility index (Phi) is 4.06. The quantitative estimate of drug-likeness (QED) is 0.930. The molecule has 5 nitrogen and oxygen atoms in total. The number of ether oxygens (including phenoxy) is 1. The van der Waals surface area contributed by atoms with Crippen molar-refractivity contribution in [3.05, 3.63) is 23.5 Å². The zero-order chi connectivity index (χ0) is 16.6. The van der Waals surface area contributed by atoms with E-state index in [1.165, 1.54) is 6.07 Å². The van der Waals surface area contributed by atoms with Crippen molar-refractivity contribution in [2.75, 3.05) is 6.54 Å². The fourth-order valence-electron chi connectivity index (χ4n) is 2.00. The minimum absolute atomic E-state index is 0.266. The number of rotatable bonds is 3. The summed E-state index contributed by atoms with van der Waals surface area (Å²) in [7, 11) is 0. The molecule has 1 aliphatic carbocycles. The molecule has 1 aliphatic rings. The van der Waals surface area contributed by atoms with Crippen LogP contribution in [0.1, 0.15) is 45.0 Å². The molecule has 2 rings (SSSR count). The van der Waals surface area contributed by atoms with Crippen LogP contribution in [0.3, 0.4) is 0 Å². The molecule has 22 heavy (non-hydrogen) atoms. The maximum Gasteiger partial charge on any atom is 0.435 e. The maximum absolute atomic E-state index is 12.5. The molecule has 8 heteroatoms. The van der Waals surface area contributed by atoms with Gasteiger partial charge in [0.1, 0.15) is 5.60 Å². The van der Waals surface area contributed by atoms with Crippen molar-refractivity contribution in [1.82, 2.24) is 15.5 Å². The number of carbonyl (C=O) groups is 1. The normalized spacial score (nSPS) is 17.0. The van der Waals surface area contributed by atoms with E-state index >= 15 is 0 Å². The first-order valence-electron chi connectivity index (χ1n) is 6.90. The summed E-state index contributed by atoms with van der Waals surface area (Å²) in [5, 5.41) is 9.53. The standard InChI is InChI=1S/C14H18F3N3O2/c1-12(2,3)22-11(21)18-8-13(6-7-13)9-4-5-10(20-19-9)14(15,16)17/h4-5H,6-8H2,1-3H3,(H,18,21). The summed E-state index contributed by atoms with van der Waals surface area (Å²) in [6.45, 7) is 5.52. The number of alkyl carbamates (subject to hydrolysis) is 1. The van der Waals surface area contributed by atoms with Crippen LogP contribution in [0.25, 0.3) is 0 Å². The van der Waals surface area contributed by atoms with Gasteiger partial charge in [0.2, 0.25) is 0 Å². The van der Waals surface area contributed by atoms with Crippen LogP contribution in [0.15, 0.2) is 12.1 Å². The van der Waals surface area contributed by atoms with Crippen molar-refractivity contribution < 1.29 is 22.7 Å². The lowest BCUT2D eigenvalue weighted by Gasteiger charge is -2.21. The van der Waals surface area contributed by atoms with Crippen LogP contribution in [-0.2, 0) is 16.3 Å². The van der Waals surface area contributed by atoms with E-state index in [1.54, 1.807) is 20.8 Å². The number of alkyl halides is 3. The highest BCUT2D eigenvalue weighted by molar-refractivity contribution is 5.68. The highest BCUT2D eigenvalue weighted by Gasteiger charge is 2.47. The van der Waals surface area contributed by atoms with E-state index in [4.69, 9.17) is 4.74 Å². The molecular weight excluding hydrogens is 299 g/mol. The number of carbonyl (C=O) groups excluding carboxylic acids is 1. The molecule has 1 saturated carbocycles. The van der Waals surface area contributed by atoms with Crippen molar-refractivity contribution >= 4 is 6.09 Å². The molecular formula is C14H18F3N3O2. The van der Waals surface area contributed by atoms with Gasteiger partial charge < -0.3 is 10.1 Å². The van der Waals surface area contributed by atoms with Crippen LogP contribution in [-0.4, -0.2) is 28.4 Å². The fourth-order valence-corrected chi connectivity index (χ4v) is 2.00. The lowest BCUT2D eigenvalue weighted by Crippen LogP contribution is -2.37. The maximum atomic E-state index is 12.5. The summed E-state index contributed by atoms with van der Waals surface area (Å²) in [4.78, 5) is 11.6. The third kappa shape index (κ3) is 4.08. The topological polar surface area (TPSA) is 64.1 Å². The first-order valence-corrected chi connectivity index (χ1v) is 6.90. The van der Waals surface area contributed by atoms with Gasteiger partial charge in [0.15, 0.2) is 5.69 Å². The Hall–Kier alpha value is -1.86.